The number of hydrogen-bond acceptors (Lipinski definition) is 4. The molecule has 24 heavy (non-hydrogen) atoms. The minimum absolute atomic E-state index is 0.0416. The lowest BCUT2D eigenvalue weighted by Crippen LogP contribution is -2.52. The number of carboxylic acids is 1. The second kappa shape index (κ2) is 7.31. The molecule has 0 spiro atoms. The highest BCUT2D eigenvalue weighted by Gasteiger charge is 2.32. The number of rotatable bonds is 5. The number of carbonyl (C=O) groups is 2. The summed E-state index contributed by atoms with van der Waals surface area (Å²) in [6, 6.07) is 12.6. The molecule has 0 saturated carbocycles. The van der Waals surface area contributed by atoms with Gasteiger partial charge in [0, 0.05) is 24.9 Å². The van der Waals surface area contributed by atoms with Crippen molar-refractivity contribution in [2.75, 3.05) is 19.8 Å². The Kier molecular flexibility index (Phi) is 4.96. The molecular weight excluding hydrogens is 310 g/mol. The minimum atomic E-state index is -1.03. The zero-order chi connectivity index (χ0) is 16.9. The smallest absolute Gasteiger partial charge is 0.328 e. The average Bonchev–Trinajstić information content (AvgIpc) is 3.09. The predicted octanol–water partition coefficient (Wildman–Crippen LogP) is 2.19. The van der Waals surface area contributed by atoms with E-state index in [1.807, 2.05) is 42.5 Å². The van der Waals surface area contributed by atoms with Crippen molar-refractivity contribution in [2.24, 2.45) is 0 Å². The first-order chi connectivity index (χ1) is 11.6. The van der Waals surface area contributed by atoms with Gasteiger partial charge in [-0.25, -0.2) is 4.79 Å². The molecule has 126 valence electrons. The summed E-state index contributed by atoms with van der Waals surface area (Å²) in [5, 5.41) is 9.18. The summed E-state index contributed by atoms with van der Waals surface area (Å²) >= 11 is 0. The lowest BCUT2D eigenvalue weighted by molar-refractivity contribution is -0.158. The number of aryl methyl sites for hydroxylation is 1. The molecule has 0 bridgehead atoms. The number of carboxylic acid groups (broad SMARTS) is 1. The van der Waals surface area contributed by atoms with Crippen LogP contribution in [0.1, 0.15) is 12.2 Å². The van der Waals surface area contributed by atoms with Crippen LogP contribution in [0.3, 0.4) is 0 Å². The molecule has 1 saturated heterocycles. The van der Waals surface area contributed by atoms with Crippen molar-refractivity contribution in [1.82, 2.24) is 4.90 Å². The van der Waals surface area contributed by atoms with Crippen LogP contribution in [0, 0.1) is 0 Å². The SMILES string of the molecule is O=C(O)C1COCCN1C(=O)CCc1ccc(-c2ccccc2)o1. The Labute approximate surface area is 139 Å². The van der Waals surface area contributed by atoms with Crippen LogP contribution >= 0.6 is 0 Å². The van der Waals surface area contributed by atoms with Gasteiger partial charge in [-0.3, -0.25) is 4.79 Å². The van der Waals surface area contributed by atoms with Gasteiger partial charge >= 0.3 is 5.97 Å². The quantitative estimate of drug-likeness (QED) is 0.909. The standard InChI is InChI=1S/C18H19NO5/c20-17(19-10-11-23-12-15(19)18(21)22)9-7-14-6-8-16(24-14)13-4-2-1-3-5-13/h1-6,8,15H,7,9-12H2,(H,21,22). The van der Waals surface area contributed by atoms with Crippen LogP contribution in [-0.2, 0) is 20.7 Å². The molecule has 1 atom stereocenters. The van der Waals surface area contributed by atoms with E-state index in [-0.39, 0.29) is 18.9 Å². The molecule has 1 aliphatic heterocycles. The second-order valence-corrected chi connectivity index (χ2v) is 5.65. The summed E-state index contributed by atoms with van der Waals surface area (Å²) in [6.07, 6.45) is 0.654. The molecule has 1 unspecified atom stereocenters. The van der Waals surface area contributed by atoms with Crippen LogP contribution in [0.25, 0.3) is 11.3 Å². The summed E-state index contributed by atoms with van der Waals surface area (Å²) in [6.45, 7) is 0.720. The summed E-state index contributed by atoms with van der Waals surface area (Å²) in [4.78, 5) is 24.9. The van der Waals surface area contributed by atoms with E-state index in [4.69, 9.17) is 9.15 Å². The number of nitrogens with zero attached hydrogens (tertiary/aromatic N) is 1. The third kappa shape index (κ3) is 3.65. The molecule has 1 aromatic carbocycles. The highest BCUT2D eigenvalue weighted by atomic mass is 16.5. The lowest BCUT2D eigenvalue weighted by Gasteiger charge is -2.32. The first-order valence-electron chi connectivity index (χ1n) is 7.89. The Bertz CT molecular complexity index is 709. The number of benzene rings is 1. The number of aliphatic carboxylic acids is 1. The molecule has 0 aliphatic carbocycles. The fourth-order valence-electron chi connectivity index (χ4n) is 2.75. The van der Waals surface area contributed by atoms with E-state index < -0.39 is 12.0 Å². The first kappa shape index (κ1) is 16.3. The van der Waals surface area contributed by atoms with Crippen LogP contribution in [0.4, 0.5) is 0 Å². The normalized spacial score (nSPS) is 17.7. The number of ether oxygens (including phenoxy) is 1. The maximum atomic E-state index is 12.3. The predicted molar refractivity (Wildman–Crippen MR) is 86.4 cm³/mol. The third-order valence-corrected chi connectivity index (χ3v) is 4.04. The molecule has 0 radical (unpaired) electrons. The van der Waals surface area contributed by atoms with Crippen LogP contribution in [0.15, 0.2) is 46.9 Å². The van der Waals surface area contributed by atoms with Gasteiger partial charge in [-0.05, 0) is 12.1 Å². The summed E-state index contributed by atoms with van der Waals surface area (Å²) in [5.74, 6) is 0.242. The van der Waals surface area contributed by atoms with Crippen LogP contribution in [-0.4, -0.2) is 47.7 Å². The van der Waals surface area contributed by atoms with Crippen molar-refractivity contribution in [1.29, 1.82) is 0 Å². The minimum Gasteiger partial charge on any atom is -0.480 e. The van der Waals surface area contributed by atoms with Crippen molar-refractivity contribution in [3.05, 3.63) is 48.2 Å². The molecule has 2 aromatic rings. The highest BCUT2D eigenvalue weighted by Crippen LogP contribution is 2.22. The van der Waals surface area contributed by atoms with Crippen LogP contribution < -0.4 is 0 Å². The van der Waals surface area contributed by atoms with Gasteiger partial charge in [-0.1, -0.05) is 30.3 Å². The number of furan rings is 1. The fraction of sp³-hybridized carbons (Fsp3) is 0.333. The van der Waals surface area contributed by atoms with Crippen molar-refractivity contribution in [2.45, 2.75) is 18.9 Å². The van der Waals surface area contributed by atoms with Gasteiger partial charge in [0.25, 0.3) is 0 Å². The topological polar surface area (TPSA) is 80.0 Å². The zero-order valence-electron chi connectivity index (χ0n) is 13.2. The zero-order valence-corrected chi connectivity index (χ0v) is 13.2. The summed E-state index contributed by atoms with van der Waals surface area (Å²) in [7, 11) is 0. The maximum absolute atomic E-state index is 12.3. The van der Waals surface area contributed by atoms with Crippen molar-refractivity contribution in [3.63, 3.8) is 0 Å². The number of hydrogen-bond donors (Lipinski definition) is 1. The Morgan fingerprint density at radius 2 is 1.96 bits per heavy atom. The Morgan fingerprint density at radius 3 is 2.71 bits per heavy atom. The molecule has 1 fully saturated rings. The lowest BCUT2D eigenvalue weighted by atomic mass is 10.1. The maximum Gasteiger partial charge on any atom is 0.328 e. The second-order valence-electron chi connectivity index (χ2n) is 5.65. The third-order valence-electron chi connectivity index (χ3n) is 4.04. The summed E-state index contributed by atoms with van der Waals surface area (Å²) in [5.41, 5.74) is 0.981. The van der Waals surface area contributed by atoms with Gasteiger partial charge in [0.05, 0.1) is 13.2 Å². The van der Waals surface area contributed by atoms with Gasteiger partial charge in [-0.2, -0.15) is 0 Å². The molecule has 1 amide bonds. The number of amides is 1. The average molecular weight is 329 g/mol. The molecule has 1 aromatic heterocycles. The van der Waals surface area contributed by atoms with Crippen molar-refractivity contribution in [3.8, 4) is 11.3 Å². The van der Waals surface area contributed by atoms with E-state index in [0.29, 0.717) is 25.3 Å². The van der Waals surface area contributed by atoms with Gasteiger partial charge in [0.2, 0.25) is 5.91 Å². The number of carbonyl (C=O) groups excluding carboxylic acids is 1. The van der Waals surface area contributed by atoms with E-state index >= 15 is 0 Å². The summed E-state index contributed by atoms with van der Waals surface area (Å²) < 4.78 is 10.9. The first-order valence-corrected chi connectivity index (χ1v) is 7.89. The molecule has 3 rings (SSSR count). The van der Waals surface area contributed by atoms with Gasteiger partial charge < -0.3 is 19.2 Å². The van der Waals surface area contributed by atoms with E-state index in [0.717, 1.165) is 11.3 Å². The van der Waals surface area contributed by atoms with E-state index in [1.165, 1.54) is 4.90 Å². The molecular formula is C18H19NO5. The van der Waals surface area contributed by atoms with Gasteiger partial charge in [0.15, 0.2) is 6.04 Å². The van der Waals surface area contributed by atoms with E-state index in [2.05, 4.69) is 0 Å². The van der Waals surface area contributed by atoms with Crippen molar-refractivity contribution >= 4 is 11.9 Å². The Hall–Kier alpha value is -2.60. The monoisotopic (exact) mass is 329 g/mol. The highest BCUT2D eigenvalue weighted by molar-refractivity contribution is 5.84. The molecule has 1 aliphatic rings. The molecule has 6 nitrogen and oxygen atoms in total. The van der Waals surface area contributed by atoms with Crippen LogP contribution in [0.5, 0.6) is 0 Å². The molecule has 1 N–H and O–H groups in total. The van der Waals surface area contributed by atoms with Crippen LogP contribution in [0.2, 0.25) is 0 Å². The van der Waals surface area contributed by atoms with E-state index in [9.17, 15) is 14.7 Å². The molecule has 6 heteroatoms. The fourth-order valence-corrected chi connectivity index (χ4v) is 2.75. The Balaban J connectivity index is 1.60. The van der Waals surface area contributed by atoms with Gasteiger partial charge in [0.1, 0.15) is 11.5 Å². The van der Waals surface area contributed by atoms with Crippen molar-refractivity contribution < 1.29 is 23.8 Å². The van der Waals surface area contributed by atoms with E-state index in [1.54, 1.807) is 0 Å². The molecule has 2 heterocycles. The Morgan fingerprint density at radius 1 is 1.17 bits per heavy atom. The largest absolute Gasteiger partial charge is 0.480 e. The van der Waals surface area contributed by atoms with Gasteiger partial charge in [-0.15, -0.1) is 0 Å². The number of morpholine rings is 1.